The standard InChI is InChI=1S/C10H18N2O6/c13-6-8(5-7-1-3-18-4-2-7)12(10(16)17)11-9(14)15/h7-8,11,13H,1-6H2,(H,14,15)(H,16,17). The molecule has 18 heavy (non-hydrogen) atoms. The van der Waals surface area contributed by atoms with Gasteiger partial charge in [-0.3, -0.25) is 0 Å². The Morgan fingerprint density at radius 2 is 1.94 bits per heavy atom. The van der Waals surface area contributed by atoms with Crippen molar-refractivity contribution in [2.45, 2.75) is 25.3 Å². The average molecular weight is 262 g/mol. The first kappa shape index (κ1) is 14.5. The molecule has 0 aromatic carbocycles. The number of ether oxygens (including phenoxy) is 1. The van der Waals surface area contributed by atoms with Gasteiger partial charge in [0.25, 0.3) is 0 Å². The Labute approximate surface area is 104 Å². The number of nitrogens with one attached hydrogen (secondary N) is 1. The van der Waals surface area contributed by atoms with Crippen molar-refractivity contribution in [1.82, 2.24) is 10.4 Å². The zero-order valence-corrected chi connectivity index (χ0v) is 9.91. The van der Waals surface area contributed by atoms with Gasteiger partial charge in [0, 0.05) is 13.2 Å². The van der Waals surface area contributed by atoms with E-state index >= 15 is 0 Å². The fourth-order valence-electron chi connectivity index (χ4n) is 2.03. The molecular weight excluding hydrogens is 244 g/mol. The third-order valence-electron chi connectivity index (χ3n) is 2.94. The van der Waals surface area contributed by atoms with E-state index in [2.05, 4.69) is 0 Å². The predicted octanol–water partition coefficient (Wildman–Crippen LogP) is 0.327. The van der Waals surface area contributed by atoms with Crippen LogP contribution < -0.4 is 5.43 Å². The van der Waals surface area contributed by atoms with Gasteiger partial charge in [0.15, 0.2) is 0 Å². The minimum atomic E-state index is -1.47. The summed E-state index contributed by atoms with van der Waals surface area (Å²) in [4.78, 5) is 21.5. The Balaban J connectivity index is 2.59. The van der Waals surface area contributed by atoms with Crippen LogP contribution in [0.1, 0.15) is 19.3 Å². The first-order valence-corrected chi connectivity index (χ1v) is 5.75. The van der Waals surface area contributed by atoms with Crippen molar-refractivity contribution in [2.24, 2.45) is 5.92 Å². The number of hydrogen-bond acceptors (Lipinski definition) is 4. The molecule has 0 radical (unpaired) electrons. The van der Waals surface area contributed by atoms with Crippen molar-refractivity contribution in [3.05, 3.63) is 0 Å². The minimum Gasteiger partial charge on any atom is -0.464 e. The molecule has 1 aliphatic heterocycles. The molecule has 1 fully saturated rings. The largest absolute Gasteiger partial charge is 0.464 e. The maximum Gasteiger partial charge on any atom is 0.426 e. The van der Waals surface area contributed by atoms with Gasteiger partial charge >= 0.3 is 12.2 Å². The Hall–Kier alpha value is -1.54. The van der Waals surface area contributed by atoms with Gasteiger partial charge in [-0.1, -0.05) is 0 Å². The van der Waals surface area contributed by atoms with Crippen LogP contribution in [-0.2, 0) is 4.74 Å². The highest BCUT2D eigenvalue weighted by Crippen LogP contribution is 2.21. The lowest BCUT2D eigenvalue weighted by atomic mass is 9.92. The van der Waals surface area contributed by atoms with Gasteiger partial charge in [0.05, 0.1) is 12.6 Å². The van der Waals surface area contributed by atoms with E-state index in [-0.39, 0.29) is 5.92 Å². The van der Waals surface area contributed by atoms with Crippen LogP contribution in [0.25, 0.3) is 0 Å². The highest BCUT2D eigenvalue weighted by molar-refractivity contribution is 5.71. The van der Waals surface area contributed by atoms with Gasteiger partial charge in [-0.05, 0) is 25.2 Å². The average Bonchev–Trinajstić information content (AvgIpc) is 2.34. The lowest BCUT2D eigenvalue weighted by Crippen LogP contribution is -2.53. The second-order valence-corrected chi connectivity index (χ2v) is 4.20. The molecule has 0 saturated carbocycles. The van der Waals surface area contributed by atoms with Crippen molar-refractivity contribution < 1.29 is 29.6 Å². The Morgan fingerprint density at radius 3 is 2.39 bits per heavy atom. The number of hydrazine groups is 1. The summed E-state index contributed by atoms with van der Waals surface area (Å²) in [6.07, 6.45) is -0.910. The van der Waals surface area contributed by atoms with Gasteiger partial charge in [0.2, 0.25) is 0 Å². The van der Waals surface area contributed by atoms with Crippen LogP contribution in [-0.4, -0.2) is 58.4 Å². The molecule has 4 N–H and O–H groups in total. The Kier molecular flexibility index (Phi) is 5.66. The molecule has 1 aliphatic rings. The second kappa shape index (κ2) is 7.02. The van der Waals surface area contributed by atoms with Crippen LogP contribution >= 0.6 is 0 Å². The molecule has 1 rings (SSSR count). The van der Waals surface area contributed by atoms with E-state index in [0.29, 0.717) is 24.6 Å². The molecule has 1 atom stereocenters. The summed E-state index contributed by atoms with van der Waals surface area (Å²) in [7, 11) is 0. The number of nitrogens with zero attached hydrogens (tertiary/aromatic N) is 1. The Morgan fingerprint density at radius 1 is 1.33 bits per heavy atom. The quantitative estimate of drug-likeness (QED) is 0.542. The number of aliphatic hydroxyl groups is 1. The molecular formula is C10H18N2O6. The first-order chi connectivity index (χ1) is 8.54. The van der Waals surface area contributed by atoms with E-state index in [0.717, 1.165) is 12.8 Å². The zero-order valence-electron chi connectivity index (χ0n) is 9.91. The molecule has 104 valence electrons. The smallest absolute Gasteiger partial charge is 0.426 e. The Bertz CT molecular complexity index is 292. The predicted molar refractivity (Wildman–Crippen MR) is 60.1 cm³/mol. The molecule has 8 nitrogen and oxygen atoms in total. The van der Waals surface area contributed by atoms with Crippen molar-refractivity contribution in [2.75, 3.05) is 19.8 Å². The third kappa shape index (κ3) is 4.38. The van der Waals surface area contributed by atoms with E-state index in [4.69, 9.17) is 14.9 Å². The lowest BCUT2D eigenvalue weighted by molar-refractivity contribution is 0.0283. The van der Waals surface area contributed by atoms with Crippen LogP contribution in [0.4, 0.5) is 9.59 Å². The topological polar surface area (TPSA) is 119 Å². The molecule has 1 heterocycles. The summed E-state index contributed by atoms with van der Waals surface area (Å²) in [5.74, 6) is 0.230. The van der Waals surface area contributed by atoms with Gasteiger partial charge in [0.1, 0.15) is 0 Å². The zero-order chi connectivity index (χ0) is 13.5. The van der Waals surface area contributed by atoms with Crippen molar-refractivity contribution in [3.8, 4) is 0 Å². The summed E-state index contributed by atoms with van der Waals surface area (Å²) < 4.78 is 5.19. The van der Waals surface area contributed by atoms with E-state index in [1.165, 1.54) is 0 Å². The van der Waals surface area contributed by atoms with Crippen molar-refractivity contribution >= 4 is 12.2 Å². The minimum absolute atomic E-state index is 0.230. The van der Waals surface area contributed by atoms with E-state index in [1.807, 2.05) is 0 Å². The lowest BCUT2D eigenvalue weighted by Gasteiger charge is -2.31. The first-order valence-electron chi connectivity index (χ1n) is 5.75. The van der Waals surface area contributed by atoms with Gasteiger partial charge < -0.3 is 20.1 Å². The number of hydrogen-bond donors (Lipinski definition) is 4. The monoisotopic (exact) mass is 262 g/mol. The van der Waals surface area contributed by atoms with Crippen LogP contribution in [0, 0.1) is 5.92 Å². The van der Waals surface area contributed by atoms with Crippen molar-refractivity contribution in [3.63, 3.8) is 0 Å². The second-order valence-electron chi connectivity index (χ2n) is 4.20. The SMILES string of the molecule is O=C(O)NN(C(=O)O)C(CO)CC1CCOCC1. The number of carboxylic acid groups (broad SMARTS) is 2. The summed E-state index contributed by atoms with van der Waals surface area (Å²) >= 11 is 0. The van der Waals surface area contributed by atoms with E-state index in [1.54, 1.807) is 5.43 Å². The fourth-order valence-corrected chi connectivity index (χ4v) is 2.03. The highest BCUT2D eigenvalue weighted by Gasteiger charge is 2.28. The molecule has 0 aromatic heterocycles. The molecule has 8 heteroatoms. The number of carbonyl (C=O) groups is 2. The summed E-state index contributed by atoms with van der Waals surface area (Å²) in [5.41, 5.74) is 1.78. The summed E-state index contributed by atoms with van der Waals surface area (Å²) in [6.45, 7) is 0.800. The summed E-state index contributed by atoms with van der Waals surface area (Å²) in [6, 6.07) is -0.776. The number of aliphatic hydroxyl groups excluding tert-OH is 1. The normalized spacial score (nSPS) is 18.1. The van der Waals surface area contributed by atoms with Crippen LogP contribution in [0.3, 0.4) is 0 Å². The third-order valence-corrected chi connectivity index (χ3v) is 2.94. The van der Waals surface area contributed by atoms with Crippen LogP contribution in [0.2, 0.25) is 0 Å². The molecule has 2 amide bonds. The van der Waals surface area contributed by atoms with Gasteiger partial charge in [-0.15, -0.1) is 0 Å². The molecule has 0 spiro atoms. The summed E-state index contributed by atoms with van der Waals surface area (Å²) in [5, 5.41) is 27.2. The van der Waals surface area contributed by atoms with Gasteiger partial charge in [-0.2, -0.15) is 0 Å². The maximum atomic E-state index is 10.9. The number of amides is 2. The molecule has 1 unspecified atom stereocenters. The van der Waals surface area contributed by atoms with Crippen LogP contribution in [0.5, 0.6) is 0 Å². The van der Waals surface area contributed by atoms with E-state index < -0.39 is 24.8 Å². The van der Waals surface area contributed by atoms with Crippen LogP contribution in [0.15, 0.2) is 0 Å². The molecule has 0 aromatic rings. The van der Waals surface area contributed by atoms with Gasteiger partial charge in [-0.25, -0.2) is 20.0 Å². The maximum absolute atomic E-state index is 10.9. The molecule has 0 bridgehead atoms. The van der Waals surface area contributed by atoms with E-state index in [9.17, 15) is 14.7 Å². The van der Waals surface area contributed by atoms with Crippen molar-refractivity contribution in [1.29, 1.82) is 0 Å². The molecule has 0 aliphatic carbocycles. The molecule has 1 saturated heterocycles. The fraction of sp³-hybridized carbons (Fsp3) is 0.800. The highest BCUT2D eigenvalue weighted by atomic mass is 16.5. The number of rotatable bonds is 4.